The van der Waals surface area contributed by atoms with Crippen LogP contribution in [0.1, 0.15) is 13.8 Å². The van der Waals surface area contributed by atoms with Gasteiger partial charge >= 0.3 is 6.03 Å². The molecule has 0 unspecified atom stereocenters. The molecule has 1 amide bonds. The highest BCUT2D eigenvalue weighted by molar-refractivity contribution is 7.91. The van der Waals surface area contributed by atoms with E-state index in [0.717, 1.165) is 4.68 Å². The van der Waals surface area contributed by atoms with Crippen molar-refractivity contribution < 1.29 is 13.2 Å². The van der Waals surface area contributed by atoms with E-state index in [1.54, 1.807) is 0 Å². The third-order valence-corrected chi connectivity index (χ3v) is 5.65. The molecule has 0 bridgehead atoms. The molecular weight excluding hydrogens is 361 g/mol. The molecule has 2 rings (SSSR count). The Morgan fingerprint density at radius 2 is 1.83 bits per heavy atom. The van der Waals surface area contributed by atoms with Crippen molar-refractivity contribution in [3.05, 3.63) is 40.5 Å². The van der Waals surface area contributed by atoms with Gasteiger partial charge in [0.1, 0.15) is 0 Å². The Hall–Kier alpha value is -1.57. The maximum absolute atomic E-state index is 12.5. The van der Waals surface area contributed by atoms with Crippen LogP contribution >= 0.6 is 23.2 Å². The van der Waals surface area contributed by atoms with Crippen molar-refractivity contribution in [1.29, 1.82) is 0 Å². The fraction of sp³-hybridized carbons (Fsp3) is 0.286. The first-order chi connectivity index (χ1) is 10.8. The smallest absolute Gasteiger partial charge is 0.323 e. The van der Waals surface area contributed by atoms with Crippen molar-refractivity contribution in [2.45, 2.75) is 23.8 Å². The molecule has 0 saturated carbocycles. The number of nitrogens with zero attached hydrogens (tertiary/aromatic N) is 3. The molecule has 1 aromatic carbocycles. The lowest BCUT2D eigenvalue weighted by Gasteiger charge is -2.17. The number of amides is 1. The SMILES string of the molecule is CCN(CC)C(=O)n1ccc(S(=O)(=O)c2ccc(Cl)c(Cl)c2)n1. The van der Waals surface area contributed by atoms with Crippen molar-refractivity contribution in [1.82, 2.24) is 14.7 Å². The molecule has 0 radical (unpaired) electrons. The Morgan fingerprint density at radius 3 is 2.39 bits per heavy atom. The summed E-state index contributed by atoms with van der Waals surface area (Å²) in [5.41, 5.74) is 0. The number of carbonyl (C=O) groups excluding carboxylic acids is 1. The van der Waals surface area contributed by atoms with Crippen LogP contribution in [0.3, 0.4) is 0 Å². The fourth-order valence-electron chi connectivity index (χ4n) is 1.96. The molecule has 0 aliphatic rings. The number of sulfone groups is 1. The van der Waals surface area contributed by atoms with E-state index in [1.807, 2.05) is 13.8 Å². The first kappa shape index (κ1) is 17.8. The average Bonchev–Trinajstić information content (AvgIpc) is 3.01. The molecule has 0 saturated heterocycles. The minimum atomic E-state index is -3.88. The molecule has 9 heteroatoms. The van der Waals surface area contributed by atoms with E-state index in [1.165, 1.54) is 35.4 Å². The number of aromatic nitrogens is 2. The molecule has 23 heavy (non-hydrogen) atoms. The minimum Gasteiger partial charge on any atom is -0.323 e. The number of hydrogen-bond donors (Lipinski definition) is 0. The Balaban J connectivity index is 2.39. The van der Waals surface area contributed by atoms with Gasteiger partial charge < -0.3 is 4.90 Å². The van der Waals surface area contributed by atoms with Crippen molar-refractivity contribution in [2.75, 3.05) is 13.1 Å². The van der Waals surface area contributed by atoms with E-state index >= 15 is 0 Å². The third kappa shape index (κ3) is 3.52. The fourth-order valence-corrected chi connectivity index (χ4v) is 3.52. The Bertz CT molecular complexity index is 830. The maximum atomic E-state index is 12.5. The van der Waals surface area contributed by atoms with Crippen LogP contribution in [0.25, 0.3) is 0 Å². The van der Waals surface area contributed by atoms with Gasteiger partial charge in [-0.3, -0.25) is 0 Å². The lowest BCUT2D eigenvalue weighted by molar-refractivity contribution is 0.201. The van der Waals surface area contributed by atoms with E-state index in [2.05, 4.69) is 5.10 Å². The second-order valence-corrected chi connectivity index (χ2v) is 7.34. The minimum absolute atomic E-state index is 0.0348. The maximum Gasteiger partial charge on any atom is 0.344 e. The van der Waals surface area contributed by atoms with E-state index in [0.29, 0.717) is 13.1 Å². The van der Waals surface area contributed by atoms with Crippen LogP contribution in [-0.2, 0) is 9.84 Å². The van der Waals surface area contributed by atoms with Gasteiger partial charge in [-0.1, -0.05) is 23.2 Å². The summed E-state index contributed by atoms with van der Waals surface area (Å²) in [6.45, 7) is 4.67. The molecule has 124 valence electrons. The molecule has 6 nitrogen and oxygen atoms in total. The van der Waals surface area contributed by atoms with E-state index in [4.69, 9.17) is 23.2 Å². The second kappa shape index (κ2) is 6.90. The van der Waals surface area contributed by atoms with Crippen LogP contribution < -0.4 is 0 Å². The predicted molar refractivity (Wildman–Crippen MR) is 87.9 cm³/mol. The Morgan fingerprint density at radius 1 is 1.17 bits per heavy atom. The molecular formula is C14H15Cl2N3O3S. The van der Waals surface area contributed by atoms with Gasteiger partial charge in [-0.05, 0) is 38.1 Å². The molecule has 0 spiro atoms. The lowest BCUT2D eigenvalue weighted by atomic mass is 10.4. The summed E-state index contributed by atoms with van der Waals surface area (Å²) >= 11 is 11.7. The molecule has 0 fully saturated rings. The van der Waals surface area contributed by atoms with E-state index in [9.17, 15) is 13.2 Å². The van der Waals surface area contributed by atoms with Crippen LogP contribution in [0, 0.1) is 0 Å². The van der Waals surface area contributed by atoms with Gasteiger partial charge in [0.2, 0.25) is 9.84 Å². The van der Waals surface area contributed by atoms with E-state index < -0.39 is 9.84 Å². The quantitative estimate of drug-likeness (QED) is 0.821. The topological polar surface area (TPSA) is 72.3 Å². The summed E-state index contributed by atoms with van der Waals surface area (Å²) < 4.78 is 26.1. The number of carbonyl (C=O) groups is 1. The highest BCUT2D eigenvalue weighted by Gasteiger charge is 2.23. The highest BCUT2D eigenvalue weighted by Crippen LogP contribution is 2.27. The first-order valence-corrected chi connectivity index (χ1v) is 9.10. The molecule has 0 aliphatic heterocycles. The van der Waals surface area contributed by atoms with Crippen LogP contribution in [0.2, 0.25) is 10.0 Å². The lowest BCUT2D eigenvalue weighted by Crippen LogP contribution is -2.34. The van der Waals surface area contributed by atoms with Gasteiger partial charge in [0.15, 0.2) is 5.03 Å². The first-order valence-electron chi connectivity index (χ1n) is 6.86. The van der Waals surface area contributed by atoms with E-state index in [-0.39, 0.29) is 26.0 Å². The van der Waals surface area contributed by atoms with Crippen molar-refractivity contribution in [2.24, 2.45) is 0 Å². The third-order valence-electron chi connectivity index (χ3n) is 3.27. The number of hydrogen-bond acceptors (Lipinski definition) is 4. The molecule has 0 N–H and O–H groups in total. The monoisotopic (exact) mass is 375 g/mol. The molecule has 0 aliphatic carbocycles. The van der Waals surface area contributed by atoms with Gasteiger partial charge in [-0.25, -0.2) is 13.2 Å². The van der Waals surface area contributed by atoms with Gasteiger partial charge in [0, 0.05) is 19.3 Å². The summed E-state index contributed by atoms with van der Waals surface area (Å²) in [6.07, 6.45) is 1.32. The normalized spacial score (nSPS) is 11.5. The van der Waals surface area contributed by atoms with Crippen LogP contribution in [-0.4, -0.2) is 42.2 Å². The van der Waals surface area contributed by atoms with Crippen LogP contribution in [0.15, 0.2) is 40.4 Å². The van der Waals surface area contributed by atoms with Crippen LogP contribution in [0.4, 0.5) is 4.79 Å². The van der Waals surface area contributed by atoms with Crippen molar-refractivity contribution in [3.8, 4) is 0 Å². The molecule has 1 aromatic heterocycles. The average molecular weight is 376 g/mol. The largest absolute Gasteiger partial charge is 0.344 e. The standard InChI is InChI=1S/C14H15Cl2N3O3S/c1-3-18(4-2)14(20)19-8-7-13(17-19)23(21,22)10-5-6-11(15)12(16)9-10/h5-9H,3-4H2,1-2H3. The Kier molecular flexibility index (Phi) is 5.33. The summed E-state index contributed by atoms with van der Waals surface area (Å²) in [6, 6.07) is 4.89. The number of halogens is 2. The van der Waals surface area contributed by atoms with Gasteiger partial charge in [-0.2, -0.15) is 9.78 Å². The molecule has 0 atom stereocenters. The zero-order valence-corrected chi connectivity index (χ0v) is 14.9. The number of rotatable bonds is 4. The predicted octanol–water partition coefficient (Wildman–Crippen LogP) is 3.33. The van der Waals surface area contributed by atoms with Gasteiger partial charge in [0.05, 0.1) is 14.9 Å². The summed E-state index contributed by atoms with van der Waals surface area (Å²) in [7, 11) is -3.88. The summed E-state index contributed by atoms with van der Waals surface area (Å²) in [5.74, 6) is 0. The molecule has 2 aromatic rings. The number of benzene rings is 1. The van der Waals surface area contributed by atoms with Gasteiger partial charge in [-0.15, -0.1) is 0 Å². The van der Waals surface area contributed by atoms with Gasteiger partial charge in [0.25, 0.3) is 0 Å². The van der Waals surface area contributed by atoms with Crippen LogP contribution in [0.5, 0.6) is 0 Å². The molecule has 1 heterocycles. The zero-order chi connectivity index (χ0) is 17.2. The summed E-state index contributed by atoms with van der Waals surface area (Å²) in [5, 5.41) is 4.05. The van der Waals surface area contributed by atoms with Crippen molar-refractivity contribution >= 4 is 39.1 Å². The zero-order valence-electron chi connectivity index (χ0n) is 12.5. The second-order valence-electron chi connectivity index (χ2n) is 4.63. The van der Waals surface area contributed by atoms with Crippen molar-refractivity contribution in [3.63, 3.8) is 0 Å². The highest BCUT2D eigenvalue weighted by atomic mass is 35.5. The Labute approximate surface area is 144 Å². The summed E-state index contributed by atoms with van der Waals surface area (Å²) in [4.78, 5) is 13.7.